The molecule has 5 nitrogen and oxygen atoms in total. The molecular weight excluding hydrogens is 240 g/mol. The van der Waals surface area contributed by atoms with Gasteiger partial charge in [-0.05, 0) is 31.0 Å². The molecule has 1 heterocycles. The summed E-state index contributed by atoms with van der Waals surface area (Å²) in [7, 11) is 0. The standard InChI is InChI=1S/C14H18N4O/c1-2-16-13-9-15-10-14(18-13)17-8-7-11-3-5-12(19)6-4-11/h3-6,9-10,19H,2,7-8H2,1H3,(H2,16,17,18). The van der Waals surface area contributed by atoms with Crippen LogP contribution in [-0.2, 0) is 6.42 Å². The molecule has 1 aromatic heterocycles. The molecule has 3 N–H and O–H groups in total. The third-order valence-electron chi connectivity index (χ3n) is 2.65. The van der Waals surface area contributed by atoms with Gasteiger partial charge in [-0.2, -0.15) is 0 Å². The summed E-state index contributed by atoms with van der Waals surface area (Å²) in [6.45, 7) is 3.62. The largest absolute Gasteiger partial charge is 0.508 e. The number of phenols is 1. The van der Waals surface area contributed by atoms with Gasteiger partial charge in [0.25, 0.3) is 0 Å². The zero-order valence-electron chi connectivity index (χ0n) is 10.9. The molecule has 0 fully saturated rings. The van der Waals surface area contributed by atoms with Gasteiger partial charge in [-0.1, -0.05) is 12.1 Å². The summed E-state index contributed by atoms with van der Waals surface area (Å²) in [6.07, 6.45) is 4.28. The minimum absolute atomic E-state index is 0.293. The third kappa shape index (κ3) is 4.13. The van der Waals surface area contributed by atoms with E-state index in [0.717, 1.165) is 31.1 Å². The van der Waals surface area contributed by atoms with Crippen LogP contribution in [0.3, 0.4) is 0 Å². The fourth-order valence-electron chi connectivity index (χ4n) is 1.71. The second-order valence-electron chi connectivity index (χ2n) is 4.16. The number of aromatic nitrogens is 2. The fourth-order valence-corrected chi connectivity index (χ4v) is 1.71. The molecule has 2 rings (SSSR count). The van der Waals surface area contributed by atoms with Gasteiger partial charge in [0.1, 0.15) is 17.4 Å². The predicted octanol–water partition coefficient (Wildman–Crippen LogP) is 2.27. The van der Waals surface area contributed by atoms with Crippen LogP contribution in [0.1, 0.15) is 12.5 Å². The Balaban J connectivity index is 1.85. The van der Waals surface area contributed by atoms with Crippen LogP contribution >= 0.6 is 0 Å². The molecule has 0 atom stereocenters. The summed E-state index contributed by atoms with van der Waals surface area (Å²) in [4.78, 5) is 8.50. The summed E-state index contributed by atoms with van der Waals surface area (Å²) in [5.74, 6) is 1.83. The molecule has 0 bridgehead atoms. The molecule has 0 saturated carbocycles. The van der Waals surface area contributed by atoms with E-state index >= 15 is 0 Å². The lowest BCUT2D eigenvalue weighted by Crippen LogP contribution is -2.08. The average molecular weight is 258 g/mol. The summed E-state index contributed by atoms with van der Waals surface area (Å²) in [6, 6.07) is 7.22. The maximum Gasteiger partial charge on any atom is 0.146 e. The van der Waals surface area contributed by atoms with Gasteiger partial charge in [0.15, 0.2) is 0 Å². The SMILES string of the molecule is CCNc1cncc(NCCc2ccc(O)cc2)n1. The molecule has 5 heteroatoms. The molecule has 0 aliphatic heterocycles. The first-order valence-electron chi connectivity index (χ1n) is 6.35. The summed E-state index contributed by atoms with van der Waals surface area (Å²) in [5.41, 5.74) is 1.17. The molecule has 0 unspecified atom stereocenters. The van der Waals surface area contributed by atoms with Crippen molar-refractivity contribution in [2.75, 3.05) is 23.7 Å². The van der Waals surface area contributed by atoms with E-state index in [4.69, 9.17) is 0 Å². The number of hydrogen-bond donors (Lipinski definition) is 3. The number of anilines is 2. The maximum atomic E-state index is 9.20. The molecule has 0 aliphatic rings. The molecule has 19 heavy (non-hydrogen) atoms. The number of nitrogens with zero attached hydrogens (tertiary/aromatic N) is 2. The fraction of sp³-hybridized carbons (Fsp3) is 0.286. The number of nitrogens with one attached hydrogen (secondary N) is 2. The molecule has 2 aromatic rings. The van der Waals surface area contributed by atoms with Crippen molar-refractivity contribution >= 4 is 11.6 Å². The van der Waals surface area contributed by atoms with Crippen LogP contribution < -0.4 is 10.6 Å². The first-order valence-corrected chi connectivity index (χ1v) is 6.35. The van der Waals surface area contributed by atoms with E-state index in [1.54, 1.807) is 24.5 Å². The van der Waals surface area contributed by atoms with E-state index < -0.39 is 0 Å². The average Bonchev–Trinajstić information content (AvgIpc) is 2.42. The number of aromatic hydroxyl groups is 1. The zero-order valence-corrected chi connectivity index (χ0v) is 10.9. The van der Waals surface area contributed by atoms with E-state index in [1.807, 2.05) is 19.1 Å². The quantitative estimate of drug-likeness (QED) is 0.741. The first-order chi connectivity index (χ1) is 9.28. The molecule has 0 spiro atoms. The minimum atomic E-state index is 0.293. The Hall–Kier alpha value is -2.30. The van der Waals surface area contributed by atoms with Gasteiger partial charge in [0, 0.05) is 13.1 Å². The maximum absolute atomic E-state index is 9.20. The Bertz CT molecular complexity index is 513. The van der Waals surface area contributed by atoms with Crippen LogP contribution in [0.2, 0.25) is 0 Å². The Morgan fingerprint density at radius 3 is 2.42 bits per heavy atom. The summed E-state index contributed by atoms with van der Waals surface area (Å²) in [5, 5.41) is 15.6. The predicted molar refractivity (Wildman–Crippen MR) is 76.5 cm³/mol. The molecule has 100 valence electrons. The van der Waals surface area contributed by atoms with Crippen molar-refractivity contribution in [1.29, 1.82) is 0 Å². The van der Waals surface area contributed by atoms with Gasteiger partial charge >= 0.3 is 0 Å². The van der Waals surface area contributed by atoms with E-state index in [1.165, 1.54) is 5.56 Å². The molecule has 0 saturated heterocycles. The molecule has 0 amide bonds. The van der Waals surface area contributed by atoms with E-state index in [0.29, 0.717) is 5.75 Å². The van der Waals surface area contributed by atoms with Crippen molar-refractivity contribution in [2.24, 2.45) is 0 Å². The van der Waals surface area contributed by atoms with E-state index in [9.17, 15) is 5.11 Å². The minimum Gasteiger partial charge on any atom is -0.508 e. The third-order valence-corrected chi connectivity index (χ3v) is 2.65. The van der Waals surface area contributed by atoms with Gasteiger partial charge in [-0.25, -0.2) is 4.98 Å². The lowest BCUT2D eigenvalue weighted by atomic mass is 10.1. The van der Waals surface area contributed by atoms with Crippen LogP contribution in [0.15, 0.2) is 36.7 Å². The monoisotopic (exact) mass is 258 g/mol. The molecule has 1 aromatic carbocycles. The van der Waals surface area contributed by atoms with Crippen LogP contribution in [0, 0.1) is 0 Å². The number of phenolic OH excluding ortho intramolecular Hbond substituents is 1. The Morgan fingerprint density at radius 1 is 1.05 bits per heavy atom. The Labute approximate surface area is 112 Å². The molecule has 0 radical (unpaired) electrons. The van der Waals surface area contributed by atoms with Crippen LogP contribution in [-0.4, -0.2) is 28.2 Å². The zero-order chi connectivity index (χ0) is 13.5. The lowest BCUT2D eigenvalue weighted by molar-refractivity contribution is 0.475. The number of benzene rings is 1. The topological polar surface area (TPSA) is 70.1 Å². The van der Waals surface area contributed by atoms with Gasteiger partial charge in [0.2, 0.25) is 0 Å². The second kappa shape index (κ2) is 6.58. The van der Waals surface area contributed by atoms with Crippen molar-refractivity contribution in [1.82, 2.24) is 9.97 Å². The van der Waals surface area contributed by atoms with Gasteiger partial charge < -0.3 is 15.7 Å². The molecule has 0 aliphatic carbocycles. The highest BCUT2D eigenvalue weighted by Gasteiger charge is 1.98. The highest BCUT2D eigenvalue weighted by molar-refractivity contribution is 5.41. The van der Waals surface area contributed by atoms with Crippen molar-refractivity contribution in [2.45, 2.75) is 13.3 Å². The smallest absolute Gasteiger partial charge is 0.146 e. The van der Waals surface area contributed by atoms with Crippen molar-refractivity contribution < 1.29 is 5.11 Å². The number of hydrogen-bond acceptors (Lipinski definition) is 5. The lowest BCUT2D eigenvalue weighted by Gasteiger charge is -2.07. The van der Waals surface area contributed by atoms with Crippen LogP contribution in [0.25, 0.3) is 0 Å². The van der Waals surface area contributed by atoms with Crippen molar-refractivity contribution in [3.8, 4) is 5.75 Å². The van der Waals surface area contributed by atoms with Crippen molar-refractivity contribution in [3.05, 3.63) is 42.2 Å². The first kappa shape index (κ1) is 13.1. The number of rotatable bonds is 6. The van der Waals surface area contributed by atoms with Crippen molar-refractivity contribution in [3.63, 3.8) is 0 Å². The summed E-state index contributed by atoms with van der Waals surface area (Å²) < 4.78 is 0. The second-order valence-corrected chi connectivity index (χ2v) is 4.16. The van der Waals surface area contributed by atoms with Crippen LogP contribution in [0.4, 0.5) is 11.6 Å². The van der Waals surface area contributed by atoms with Gasteiger partial charge in [-0.15, -0.1) is 0 Å². The molecular formula is C14H18N4O. The van der Waals surface area contributed by atoms with E-state index in [-0.39, 0.29) is 0 Å². The normalized spacial score (nSPS) is 10.2. The Morgan fingerprint density at radius 2 is 1.74 bits per heavy atom. The van der Waals surface area contributed by atoms with Crippen LogP contribution in [0.5, 0.6) is 5.75 Å². The summed E-state index contributed by atoms with van der Waals surface area (Å²) >= 11 is 0. The Kier molecular flexibility index (Phi) is 4.55. The van der Waals surface area contributed by atoms with Gasteiger partial charge in [0.05, 0.1) is 12.4 Å². The van der Waals surface area contributed by atoms with Gasteiger partial charge in [-0.3, -0.25) is 4.98 Å². The highest BCUT2D eigenvalue weighted by atomic mass is 16.3. The highest BCUT2D eigenvalue weighted by Crippen LogP contribution is 2.11. The van der Waals surface area contributed by atoms with E-state index in [2.05, 4.69) is 20.6 Å².